The second-order valence-electron chi connectivity index (χ2n) is 5.48. The van der Waals surface area contributed by atoms with Crippen LogP contribution in [0.1, 0.15) is 41.3 Å². The molecule has 0 bridgehead atoms. The number of ketones is 1. The maximum absolute atomic E-state index is 11.9. The lowest BCUT2D eigenvalue weighted by Crippen LogP contribution is -2.01. The molecule has 0 aliphatic carbocycles. The number of aromatic hydroxyl groups is 1. The fourth-order valence-corrected chi connectivity index (χ4v) is 2.73. The number of rotatable bonds is 6. The smallest absolute Gasteiger partial charge is 0.207 e. The van der Waals surface area contributed by atoms with E-state index in [4.69, 9.17) is 14.6 Å². The zero-order valence-electron chi connectivity index (χ0n) is 13.2. The number of aliphatic hydroxyl groups is 1. The SMILES string of the molecule is COc1c(C)c2c(c(O)c1C/C=C(\C)CCCO)C(=O)CO2. The van der Waals surface area contributed by atoms with Crippen molar-refractivity contribution in [2.45, 2.75) is 33.1 Å². The summed E-state index contributed by atoms with van der Waals surface area (Å²) in [6.45, 7) is 3.92. The van der Waals surface area contributed by atoms with Crippen LogP contribution < -0.4 is 9.47 Å². The molecular formula is C17H22O5. The molecule has 1 aromatic carbocycles. The van der Waals surface area contributed by atoms with Gasteiger partial charge in [0.25, 0.3) is 0 Å². The van der Waals surface area contributed by atoms with Crippen molar-refractivity contribution >= 4 is 5.78 Å². The lowest BCUT2D eigenvalue weighted by Gasteiger charge is -2.16. The summed E-state index contributed by atoms with van der Waals surface area (Å²) >= 11 is 0. The Labute approximate surface area is 130 Å². The van der Waals surface area contributed by atoms with Crippen molar-refractivity contribution in [3.8, 4) is 17.2 Å². The van der Waals surface area contributed by atoms with Crippen LogP contribution in [0.15, 0.2) is 11.6 Å². The molecule has 1 aliphatic rings. The third-order valence-corrected chi connectivity index (χ3v) is 3.92. The summed E-state index contributed by atoms with van der Waals surface area (Å²) in [5.41, 5.74) is 2.71. The van der Waals surface area contributed by atoms with Crippen molar-refractivity contribution in [2.75, 3.05) is 20.3 Å². The number of fused-ring (bicyclic) bond motifs is 1. The zero-order valence-corrected chi connectivity index (χ0v) is 13.2. The van der Waals surface area contributed by atoms with E-state index in [0.29, 0.717) is 29.9 Å². The number of benzene rings is 1. The highest BCUT2D eigenvalue weighted by Gasteiger charge is 2.31. The van der Waals surface area contributed by atoms with E-state index in [0.717, 1.165) is 17.6 Å². The molecule has 0 saturated heterocycles. The Morgan fingerprint density at radius 3 is 2.82 bits per heavy atom. The first-order chi connectivity index (χ1) is 10.5. The number of aliphatic hydroxyl groups excluding tert-OH is 1. The van der Waals surface area contributed by atoms with Crippen LogP contribution in [0.4, 0.5) is 0 Å². The van der Waals surface area contributed by atoms with Gasteiger partial charge in [-0.15, -0.1) is 0 Å². The number of carbonyl (C=O) groups excluding carboxylic acids is 1. The molecule has 1 heterocycles. The molecule has 0 saturated carbocycles. The van der Waals surface area contributed by atoms with Gasteiger partial charge in [0.15, 0.2) is 6.61 Å². The summed E-state index contributed by atoms with van der Waals surface area (Å²) in [5.74, 6) is 0.716. The average molecular weight is 306 g/mol. The summed E-state index contributed by atoms with van der Waals surface area (Å²) in [7, 11) is 1.54. The van der Waals surface area contributed by atoms with Crippen LogP contribution in [0, 0.1) is 6.92 Å². The number of ether oxygens (including phenoxy) is 2. The van der Waals surface area contributed by atoms with Gasteiger partial charge in [0, 0.05) is 17.7 Å². The minimum absolute atomic E-state index is 0.0400. The Morgan fingerprint density at radius 2 is 2.18 bits per heavy atom. The molecular weight excluding hydrogens is 284 g/mol. The minimum atomic E-state index is -0.208. The molecule has 0 fully saturated rings. The highest BCUT2D eigenvalue weighted by atomic mass is 16.5. The number of carbonyl (C=O) groups is 1. The Kier molecular flexibility index (Phi) is 5.08. The number of phenols is 1. The molecule has 0 atom stereocenters. The van der Waals surface area contributed by atoms with Crippen molar-refractivity contribution in [2.24, 2.45) is 0 Å². The monoisotopic (exact) mass is 306 g/mol. The van der Waals surface area contributed by atoms with Crippen molar-refractivity contribution in [3.63, 3.8) is 0 Å². The number of Topliss-reactive ketones (excluding diaryl/α,β-unsaturated/α-hetero) is 1. The van der Waals surface area contributed by atoms with Crippen LogP contribution in [-0.4, -0.2) is 36.3 Å². The predicted molar refractivity (Wildman–Crippen MR) is 83.0 cm³/mol. The third kappa shape index (κ3) is 2.95. The lowest BCUT2D eigenvalue weighted by atomic mass is 9.97. The molecule has 5 heteroatoms. The summed E-state index contributed by atoms with van der Waals surface area (Å²) in [6, 6.07) is 0. The van der Waals surface area contributed by atoms with Gasteiger partial charge in [0.1, 0.15) is 22.8 Å². The van der Waals surface area contributed by atoms with Gasteiger partial charge in [-0.05, 0) is 33.1 Å². The number of allylic oxidation sites excluding steroid dienone is 2. The second-order valence-corrected chi connectivity index (χ2v) is 5.48. The zero-order chi connectivity index (χ0) is 16.3. The Bertz CT molecular complexity index is 616. The first-order valence-electron chi connectivity index (χ1n) is 7.36. The molecule has 0 aromatic heterocycles. The van der Waals surface area contributed by atoms with E-state index in [1.807, 2.05) is 19.9 Å². The van der Waals surface area contributed by atoms with E-state index in [1.165, 1.54) is 7.11 Å². The van der Waals surface area contributed by atoms with E-state index in [1.54, 1.807) is 0 Å². The van der Waals surface area contributed by atoms with E-state index in [-0.39, 0.29) is 30.3 Å². The largest absolute Gasteiger partial charge is 0.507 e. The van der Waals surface area contributed by atoms with Crippen molar-refractivity contribution in [3.05, 3.63) is 28.3 Å². The normalized spacial score (nSPS) is 14.0. The van der Waals surface area contributed by atoms with Gasteiger partial charge < -0.3 is 19.7 Å². The van der Waals surface area contributed by atoms with Gasteiger partial charge in [-0.25, -0.2) is 0 Å². The average Bonchev–Trinajstić information content (AvgIpc) is 2.89. The lowest BCUT2D eigenvalue weighted by molar-refractivity contribution is 0.0959. The molecule has 2 N–H and O–H groups in total. The molecule has 5 nitrogen and oxygen atoms in total. The number of hydrogen-bond acceptors (Lipinski definition) is 5. The van der Waals surface area contributed by atoms with Crippen LogP contribution in [0.2, 0.25) is 0 Å². The summed E-state index contributed by atoms with van der Waals surface area (Å²) in [5, 5.41) is 19.3. The number of phenolic OH excluding ortho intramolecular Hbond substituents is 1. The van der Waals surface area contributed by atoms with Crippen molar-refractivity contribution in [1.29, 1.82) is 0 Å². The van der Waals surface area contributed by atoms with Gasteiger partial charge >= 0.3 is 0 Å². The first-order valence-corrected chi connectivity index (χ1v) is 7.36. The standard InChI is InChI=1S/C17H22O5/c1-10(5-4-8-18)6-7-12-15(20)14-13(19)9-22-17(14)11(2)16(12)21-3/h6,18,20H,4-5,7-9H2,1-3H3/b10-6+. The summed E-state index contributed by atoms with van der Waals surface area (Å²) in [6.07, 6.45) is 3.96. The highest BCUT2D eigenvalue weighted by Crippen LogP contribution is 2.45. The topological polar surface area (TPSA) is 76.0 Å². The van der Waals surface area contributed by atoms with Crippen LogP contribution in [0.25, 0.3) is 0 Å². The van der Waals surface area contributed by atoms with Crippen molar-refractivity contribution in [1.82, 2.24) is 0 Å². The molecule has 1 aromatic rings. The summed E-state index contributed by atoms with van der Waals surface area (Å²) < 4.78 is 10.8. The Hall–Kier alpha value is -2.01. The highest BCUT2D eigenvalue weighted by molar-refractivity contribution is 6.06. The molecule has 22 heavy (non-hydrogen) atoms. The van der Waals surface area contributed by atoms with E-state index in [9.17, 15) is 9.90 Å². The van der Waals surface area contributed by atoms with Gasteiger partial charge in [0.05, 0.1) is 7.11 Å². The van der Waals surface area contributed by atoms with E-state index in [2.05, 4.69) is 0 Å². The summed E-state index contributed by atoms with van der Waals surface area (Å²) in [4.78, 5) is 11.9. The molecule has 0 spiro atoms. The van der Waals surface area contributed by atoms with E-state index >= 15 is 0 Å². The Morgan fingerprint density at radius 1 is 1.45 bits per heavy atom. The quantitative estimate of drug-likeness (QED) is 0.790. The van der Waals surface area contributed by atoms with Crippen molar-refractivity contribution < 1.29 is 24.5 Å². The Balaban J connectivity index is 2.41. The molecule has 0 amide bonds. The molecule has 2 rings (SSSR count). The second kappa shape index (κ2) is 6.83. The molecule has 120 valence electrons. The minimum Gasteiger partial charge on any atom is -0.507 e. The maximum atomic E-state index is 11.9. The maximum Gasteiger partial charge on any atom is 0.207 e. The fourth-order valence-electron chi connectivity index (χ4n) is 2.73. The third-order valence-electron chi connectivity index (χ3n) is 3.92. The van der Waals surface area contributed by atoms with Gasteiger partial charge in [-0.2, -0.15) is 0 Å². The van der Waals surface area contributed by atoms with Crippen LogP contribution in [-0.2, 0) is 6.42 Å². The van der Waals surface area contributed by atoms with Gasteiger partial charge in [-0.3, -0.25) is 4.79 Å². The van der Waals surface area contributed by atoms with Crippen LogP contribution in [0.5, 0.6) is 17.2 Å². The van der Waals surface area contributed by atoms with Gasteiger partial charge in [-0.1, -0.05) is 11.6 Å². The van der Waals surface area contributed by atoms with Crippen LogP contribution in [0.3, 0.4) is 0 Å². The number of hydrogen-bond donors (Lipinski definition) is 2. The molecule has 0 radical (unpaired) electrons. The van der Waals surface area contributed by atoms with Crippen LogP contribution >= 0.6 is 0 Å². The number of methoxy groups -OCH3 is 1. The molecule has 0 unspecified atom stereocenters. The predicted octanol–water partition coefficient (Wildman–Crippen LogP) is 2.55. The van der Waals surface area contributed by atoms with Gasteiger partial charge in [0.2, 0.25) is 5.78 Å². The first kappa shape index (κ1) is 16.4. The fraction of sp³-hybridized carbons (Fsp3) is 0.471. The molecule has 1 aliphatic heterocycles. The van der Waals surface area contributed by atoms with E-state index < -0.39 is 0 Å².